The van der Waals surface area contributed by atoms with Gasteiger partial charge >= 0.3 is 0 Å². The lowest BCUT2D eigenvalue weighted by atomic mass is 10.0. The second-order valence-electron chi connectivity index (χ2n) is 4.62. The number of pyridine rings is 1. The summed E-state index contributed by atoms with van der Waals surface area (Å²) in [6.07, 6.45) is 3.92. The molecule has 3 N–H and O–H groups in total. The topological polar surface area (TPSA) is 50.9 Å². The smallest absolute Gasteiger partial charge is 0.145 e. The number of hydrogen-bond acceptors (Lipinski definition) is 3. The zero-order chi connectivity index (χ0) is 12.1. The molecule has 0 saturated heterocycles. The molecule has 1 unspecified atom stereocenters. The molecule has 4 heteroatoms. The van der Waals surface area contributed by atoms with Crippen LogP contribution in [-0.2, 0) is 0 Å². The molecule has 1 heterocycles. The summed E-state index contributed by atoms with van der Waals surface area (Å²) in [6.45, 7) is 6.58. The third-order valence-corrected chi connectivity index (χ3v) is 2.71. The predicted molar refractivity (Wildman–Crippen MR) is 70.8 cm³/mol. The van der Waals surface area contributed by atoms with Crippen molar-refractivity contribution in [3.63, 3.8) is 0 Å². The Labute approximate surface area is 102 Å². The van der Waals surface area contributed by atoms with Crippen molar-refractivity contribution in [1.82, 2.24) is 4.98 Å². The van der Waals surface area contributed by atoms with Gasteiger partial charge in [0.05, 0.1) is 16.9 Å². The first kappa shape index (κ1) is 13.1. The highest BCUT2D eigenvalue weighted by molar-refractivity contribution is 6.33. The molecule has 0 spiro atoms. The lowest BCUT2D eigenvalue weighted by molar-refractivity contribution is 0.527. The summed E-state index contributed by atoms with van der Waals surface area (Å²) in [5.74, 6) is 1.44. The number of nitrogen functional groups attached to an aromatic ring is 1. The Morgan fingerprint density at radius 2 is 2.06 bits per heavy atom. The van der Waals surface area contributed by atoms with Gasteiger partial charge < -0.3 is 11.1 Å². The molecule has 1 aromatic heterocycles. The third kappa shape index (κ3) is 4.27. The van der Waals surface area contributed by atoms with Crippen LogP contribution in [0.15, 0.2) is 12.3 Å². The fourth-order valence-corrected chi connectivity index (χ4v) is 1.68. The van der Waals surface area contributed by atoms with Crippen molar-refractivity contribution in [3.05, 3.63) is 17.3 Å². The third-order valence-electron chi connectivity index (χ3n) is 2.42. The van der Waals surface area contributed by atoms with E-state index in [1.807, 2.05) is 0 Å². The van der Waals surface area contributed by atoms with Crippen LogP contribution in [-0.4, -0.2) is 11.0 Å². The Bertz CT molecular complexity index is 339. The number of aromatic nitrogens is 1. The lowest BCUT2D eigenvalue weighted by Crippen LogP contribution is -2.17. The first-order valence-electron chi connectivity index (χ1n) is 5.66. The van der Waals surface area contributed by atoms with Crippen LogP contribution in [0.5, 0.6) is 0 Å². The van der Waals surface area contributed by atoms with Crippen molar-refractivity contribution >= 4 is 23.1 Å². The maximum atomic E-state index is 6.03. The van der Waals surface area contributed by atoms with Crippen molar-refractivity contribution in [3.8, 4) is 0 Å². The number of rotatable bonds is 5. The van der Waals surface area contributed by atoms with Gasteiger partial charge in [-0.3, -0.25) is 0 Å². The minimum absolute atomic E-state index is 0.371. The summed E-state index contributed by atoms with van der Waals surface area (Å²) in [5, 5.41) is 3.87. The molecule has 0 aliphatic heterocycles. The number of halogens is 1. The molecule has 3 nitrogen and oxygen atoms in total. The van der Waals surface area contributed by atoms with Crippen molar-refractivity contribution in [2.45, 2.75) is 39.7 Å². The second-order valence-corrected chi connectivity index (χ2v) is 5.02. The van der Waals surface area contributed by atoms with E-state index < -0.39 is 0 Å². The molecule has 0 aliphatic rings. The van der Waals surface area contributed by atoms with Crippen molar-refractivity contribution < 1.29 is 0 Å². The van der Waals surface area contributed by atoms with Crippen molar-refractivity contribution in [2.24, 2.45) is 5.92 Å². The van der Waals surface area contributed by atoms with Gasteiger partial charge in [0.25, 0.3) is 0 Å². The highest BCUT2D eigenvalue weighted by Gasteiger charge is 2.07. The van der Waals surface area contributed by atoms with Crippen LogP contribution >= 0.6 is 11.6 Å². The van der Waals surface area contributed by atoms with Crippen LogP contribution in [0.2, 0.25) is 5.02 Å². The molecule has 1 atom stereocenters. The summed E-state index contributed by atoms with van der Waals surface area (Å²) < 4.78 is 0. The number of anilines is 2. The van der Waals surface area contributed by atoms with Crippen LogP contribution in [0.1, 0.15) is 33.6 Å². The number of nitrogens with zero attached hydrogens (tertiary/aromatic N) is 1. The van der Waals surface area contributed by atoms with E-state index in [1.54, 1.807) is 12.3 Å². The largest absolute Gasteiger partial charge is 0.397 e. The summed E-state index contributed by atoms with van der Waals surface area (Å²) in [5.41, 5.74) is 6.17. The Balaban J connectivity index is 2.52. The summed E-state index contributed by atoms with van der Waals surface area (Å²) >= 11 is 6.03. The van der Waals surface area contributed by atoms with E-state index >= 15 is 0 Å². The van der Waals surface area contributed by atoms with Gasteiger partial charge in [-0.15, -0.1) is 0 Å². The molecule has 1 aromatic rings. The number of nitrogens with one attached hydrogen (secondary N) is 1. The molecule has 0 aromatic carbocycles. The summed E-state index contributed by atoms with van der Waals surface area (Å²) in [7, 11) is 0. The molecule has 0 aliphatic carbocycles. The minimum atomic E-state index is 0.371. The zero-order valence-electron chi connectivity index (χ0n) is 10.1. The normalized spacial score (nSPS) is 12.8. The maximum absolute atomic E-state index is 6.03. The highest BCUT2D eigenvalue weighted by atomic mass is 35.5. The Hall–Kier alpha value is -0.960. The van der Waals surface area contributed by atoms with Gasteiger partial charge in [0.1, 0.15) is 5.82 Å². The fourth-order valence-electron chi connectivity index (χ4n) is 1.45. The van der Waals surface area contributed by atoms with Gasteiger partial charge in [-0.05, 0) is 31.7 Å². The van der Waals surface area contributed by atoms with Crippen LogP contribution < -0.4 is 11.1 Å². The summed E-state index contributed by atoms with van der Waals surface area (Å²) in [6, 6.07) is 2.09. The monoisotopic (exact) mass is 241 g/mol. The average molecular weight is 242 g/mol. The van der Waals surface area contributed by atoms with Gasteiger partial charge in [-0.1, -0.05) is 25.4 Å². The molecule has 0 radical (unpaired) electrons. The zero-order valence-corrected chi connectivity index (χ0v) is 10.9. The molecular weight excluding hydrogens is 222 g/mol. The van der Waals surface area contributed by atoms with Gasteiger partial charge in [0.15, 0.2) is 0 Å². The van der Waals surface area contributed by atoms with Gasteiger partial charge in [-0.2, -0.15) is 0 Å². The lowest BCUT2D eigenvalue weighted by Gasteiger charge is -2.16. The second kappa shape index (κ2) is 5.94. The van der Waals surface area contributed by atoms with Gasteiger partial charge in [0, 0.05) is 6.04 Å². The standard InChI is InChI=1S/C12H20ClN3/c1-8(2)4-5-9(3)16-12-11(13)6-10(14)7-15-12/h6-9H,4-5,14H2,1-3H3,(H,15,16). The molecule has 16 heavy (non-hydrogen) atoms. The molecule has 0 amide bonds. The average Bonchev–Trinajstić information content (AvgIpc) is 2.19. The molecular formula is C12H20ClN3. The Kier molecular flexibility index (Phi) is 4.87. The van der Waals surface area contributed by atoms with E-state index in [1.165, 1.54) is 6.42 Å². The first-order valence-corrected chi connectivity index (χ1v) is 6.04. The fraction of sp³-hybridized carbons (Fsp3) is 0.583. The van der Waals surface area contributed by atoms with Crippen LogP contribution in [0.3, 0.4) is 0 Å². The predicted octanol–water partition coefficient (Wildman–Crippen LogP) is 3.55. The van der Waals surface area contributed by atoms with E-state index in [-0.39, 0.29) is 0 Å². The summed E-state index contributed by atoms with van der Waals surface area (Å²) in [4.78, 5) is 4.18. The molecule has 0 bridgehead atoms. The van der Waals surface area contributed by atoms with Gasteiger partial charge in [0.2, 0.25) is 0 Å². The van der Waals surface area contributed by atoms with Gasteiger partial charge in [-0.25, -0.2) is 4.98 Å². The highest BCUT2D eigenvalue weighted by Crippen LogP contribution is 2.22. The van der Waals surface area contributed by atoms with Crippen LogP contribution in [0.4, 0.5) is 11.5 Å². The molecule has 1 rings (SSSR count). The SMILES string of the molecule is CC(C)CCC(C)Nc1ncc(N)cc1Cl. The van der Waals surface area contributed by atoms with Crippen molar-refractivity contribution in [1.29, 1.82) is 0 Å². The van der Waals surface area contributed by atoms with Crippen LogP contribution in [0, 0.1) is 5.92 Å². The number of nitrogens with two attached hydrogens (primary N) is 1. The first-order chi connectivity index (χ1) is 7.49. The molecule has 90 valence electrons. The van der Waals surface area contributed by atoms with Crippen molar-refractivity contribution in [2.75, 3.05) is 11.1 Å². The van der Waals surface area contributed by atoms with E-state index in [0.29, 0.717) is 22.6 Å². The Morgan fingerprint density at radius 3 is 2.62 bits per heavy atom. The van der Waals surface area contributed by atoms with Crippen LogP contribution in [0.25, 0.3) is 0 Å². The molecule has 0 fully saturated rings. The minimum Gasteiger partial charge on any atom is -0.397 e. The van der Waals surface area contributed by atoms with E-state index in [2.05, 4.69) is 31.1 Å². The van der Waals surface area contributed by atoms with E-state index in [0.717, 1.165) is 12.3 Å². The molecule has 0 saturated carbocycles. The number of hydrogen-bond donors (Lipinski definition) is 2. The quantitative estimate of drug-likeness (QED) is 0.829. The van der Waals surface area contributed by atoms with E-state index in [9.17, 15) is 0 Å². The Morgan fingerprint density at radius 1 is 1.38 bits per heavy atom. The van der Waals surface area contributed by atoms with E-state index in [4.69, 9.17) is 17.3 Å². The maximum Gasteiger partial charge on any atom is 0.145 e.